The lowest BCUT2D eigenvalue weighted by atomic mass is 10.0. The number of carbonyl (C=O) groups is 1. The van der Waals surface area contributed by atoms with Gasteiger partial charge in [0.1, 0.15) is 6.61 Å². The predicted octanol–water partition coefficient (Wildman–Crippen LogP) is 2.04. The van der Waals surface area contributed by atoms with Gasteiger partial charge in [0.25, 0.3) is 6.02 Å². The Morgan fingerprint density at radius 1 is 1.44 bits per heavy atom. The number of amidine groups is 1. The van der Waals surface area contributed by atoms with Crippen LogP contribution in [0.4, 0.5) is 0 Å². The van der Waals surface area contributed by atoms with Crippen molar-refractivity contribution < 1.29 is 9.53 Å². The smallest absolute Gasteiger partial charge is 0.294 e. The van der Waals surface area contributed by atoms with Crippen LogP contribution in [-0.4, -0.2) is 30.0 Å². The number of carbonyl (C=O) groups excluding carboxylic acids is 1. The maximum atomic E-state index is 11.4. The molecule has 0 bridgehead atoms. The molecule has 18 heavy (non-hydrogen) atoms. The molecular formula is C14H18N2O2. The highest BCUT2D eigenvalue weighted by Crippen LogP contribution is 2.14. The monoisotopic (exact) mass is 246 g/mol. The van der Waals surface area contributed by atoms with Crippen molar-refractivity contribution >= 4 is 11.9 Å². The zero-order valence-corrected chi connectivity index (χ0v) is 11.1. The summed E-state index contributed by atoms with van der Waals surface area (Å²) in [5.41, 5.74) is 3.67. The van der Waals surface area contributed by atoms with E-state index in [1.165, 1.54) is 23.6 Å². The SMILES string of the molecule is CC(=O)N1CCO/C1=N\Cc1cccc(C)c1C. The summed E-state index contributed by atoms with van der Waals surface area (Å²) in [5.74, 6) is -0.0211. The molecule has 1 aromatic rings. The first kappa shape index (κ1) is 12.6. The maximum absolute atomic E-state index is 11.4. The molecule has 0 atom stereocenters. The highest BCUT2D eigenvalue weighted by atomic mass is 16.5. The number of amides is 1. The van der Waals surface area contributed by atoms with Gasteiger partial charge in [-0.25, -0.2) is 4.99 Å². The topological polar surface area (TPSA) is 41.9 Å². The van der Waals surface area contributed by atoms with Crippen molar-refractivity contribution in [2.45, 2.75) is 27.3 Å². The van der Waals surface area contributed by atoms with E-state index in [9.17, 15) is 4.79 Å². The number of aliphatic imine (C=N–C) groups is 1. The second-order valence-electron chi connectivity index (χ2n) is 4.48. The summed E-state index contributed by atoms with van der Waals surface area (Å²) in [6.45, 7) is 7.38. The number of hydrogen-bond donors (Lipinski definition) is 0. The lowest BCUT2D eigenvalue weighted by molar-refractivity contribution is -0.124. The first-order valence-corrected chi connectivity index (χ1v) is 6.10. The molecule has 1 amide bonds. The highest BCUT2D eigenvalue weighted by Gasteiger charge is 2.23. The maximum Gasteiger partial charge on any atom is 0.294 e. The van der Waals surface area contributed by atoms with Gasteiger partial charge >= 0.3 is 0 Å². The first-order valence-electron chi connectivity index (χ1n) is 6.10. The summed E-state index contributed by atoms with van der Waals surface area (Å²) in [6.07, 6.45) is 0. The fourth-order valence-corrected chi connectivity index (χ4v) is 1.96. The minimum atomic E-state index is -0.0211. The molecule has 2 rings (SSSR count). The number of aryl methyl sites for hydroxylation is 1. The second-order valence-corrected chi connectivity index (χ2v) is 4.48. The predicted molar refractivity (Wildman–Crippen MR) is 70.4 cm³/mol. The number of ether oxygens (including phenoxy) is 1. The lowest BCUT2D eigenvalue weighted by Crippen LogP contribution is -2.30. The van der Waals surface area contributed by atoms with E-state index in [1.54, 1.807) is 4.90 Å². The van der Waals surface area contributed by atoms with Crippen molar-refractivity contribution in [1.82, 2.24) is 4.90 Å². The van der Waals surface area contributed by atoms with Crippen LogP contribution in [0, 0.1) is 13.8 Å². The molecular weight excluding hydrogens is 228 g/mol. The van der Waals surface area contributed by atoms with Crippen molar-refractivity contribution in [2.24, 2.45) is 4.99 Å². The van der Waals surface area contributed by atoms with Crippen molar-refractivity contribution in [3.05, 3.63) is 34.9 Å². The average Bonchev–Trinajstić information content (AvgIpc) is 2.79. The van der Waals surface area contributed by atoms with Crippen LogP contribution >= 0.6 is 0 Å². The van der Waals surface area contributed by atoms with Crippen molar-refractivity contribution in [3.8, 4) is 0 Å². The molecule has 0 saturated carbocycles. The summed E-state index contributed by atoms with van der Waals surface area (Å²) in [5, 5.41) is 0. The molecule has 4 heteroatoms. The van der Waals surface area contributed by atoms with Crippen molar-refractivity contribution in [1.29, 1.82) is 0 Å². The van der Waals surface area contributed by atoms with Gasteiger partial charge in [0.05, 0.1) is 13.1 Å². The zero-order valence-electron chi connectivity index (χ0n) is 11.1. The molecule has 1 aliphatic heterocycles. The summed E-state index contributed by atoms with van der Waals surface area (Å²) in [7, 11) is 0. The molecule has 1 aromatic carbocycles. The molecule has 0 spiro atoms. The Kier molecular flexibility index (Phi) is 3.65. The lowest BCUT2D eigenvalue weighted by Gasteiger charge is -2.11. The molecule has 1 saturated heterocycles. The van der Waals surface area contributed by atoms with Crippen LogP contribution in [0.3, 0.4) is 0 Å². The van der Waals surface area contributed by atoms with Gasteiger partial charge in [-0.15, -0.1) is 0 Å². The third-order valence-corrected chi connectivity index (χ3v) is 3.26. The van der Waals surface area contributed by atoms with E-state index in [4.69, 9.17) is 4.74 Å². The summed E-state index contributed by atoms with van der Waals surface area (Å²) >= 11 is 0. The van der Waals surface area contributed by atoms with E-state index in [0.717, 1.165) is 0 Å². The fraction of sp³-hybridized carbons (Fsp3) is 0.429. The van der Waals surface area contributed by atoms with Gasteiger partial charge in [-0.05, 0) is 30.5 Å². The Hall–Kier alpha value is -1.84. The second kappa shape index (κ2) is 5.21. The normalized spacial score (nSPS) is 17.1. The van der Waals surface area contributed by atoms with E-state index < -0.39 is 0 Å². The molecule has 1 fully saturated rings. The van der Waals surface area contributed by atoms with Crippen LogP contribution in [-0.2, 0) is 16.1 Å². The Bertz CT molecular complexity index is 495. The molecule has 0 aromatic heterocycles. The highest BCUT2D eigenvalue weighted by molar-refractivity contribution is 5.94. The van der Waals surface area contributed by atoms with E-state index in [2.05, 4.69) is 31.0 Å². The van der Waals surface area contributed by atoms with E-state index in [-0.39, 0.29) is 5.91 Å². The minimum absolute atomic E-state index is 0.0211. The Morgan fingerprint density at radius 3 is 2.94 bits per heavy atom. The molecule has 0 N–H and O–H groups in total. The van der Waals surface area contributed by atoms with E-state index >= 15 is 0 Å². The number of rotatable bonds is 2. The molecule has 4 nitrogen and oxygen atoms in total. The minimum Gasteiger partial charge on any atom is -0.463 e. The fourth-order valence-electron chi connectivity index (χ4n) is 1.96. The standard InChI is InChI=1S/C14H18N2O2/c1-10-5-4-6-13(11(10)2)9-15-14-16(12(3)17)7-8-18-14/h4-6H,7-9H2,1-3H3/b15-14-. The molecule has 1 aliphatic rings. The molecule has 96 valence electrons. The van der Waals surface area contributed by atoms with Gasteiger partial charge in [0.15, 0.2) is 0 Å². The Balaban J connectivity index is 2.15. The van der Waals surface area contributed by atoms with Crippen molar-refractivity contribution in [3.63, 3.8) is 0 Å². The van der Waals surface area contributed by atoms with Crippen LogP contribution < -0.4 is 0 Å². The van der Waals surface area contributed by atoms with Gasteiger partial charge in [0.2, 0.25) is 5.91 Å². The average molecular weight is 246 g/mol. The molecule has 0 unspecified atom stereocenters. The first-order chi connectivity index (χ1) is 8.59. The number of hydrogen-bond acceptors (Lipinski definition) is 3. The quantitative estimate of drug-likeness (QED) is 0.801. The number of benzene rings is 1. The van der Waals surface area contributed by atoms with Gasteiger partial charge in [-0.2, -0.15) is 0 Å². The third-order valence-electron chi connectivity index (χ3n) is 3.26. The molecule has 0 radical (unpaired) electrons. The third kappa shape index (κ3) is 2.53. The van der Waals surface area contributed by atoms with Crippen LogP contribution in [0.15, 0.2) is 23.2 Å². The number of nitrogens with zero attached hydrogens (tertiary/aromatic N) is 2. The van der Waals surface area contributed by atoms with Gasteiger partial charge in [0, 0.05) is 6.92 Å². The van der Waals surface area contributed by atoms with E-state index in [0.29, 0.717) is 25.7 Å². The van der Waals surface area contributed by atoms with Crippen LogP contribution in [0.25, 0.3) is 0 Å². The Labute approximate surface area is 107 Å². The molecule has 0 aliphatic carbocycles. The van der Waals surface area contributed by atoms with Crippen molar-refractivity contribution in [2.75, 3.05) is 13.2 Å². The largest absolute Gasteiger partial charge is 0.463 e. The summed E-state index contributed by atoms with van der Waals surface area (Å²) < 4.78 is 5.37. The van der Waals surface area contributed by atoms with Gasteiger partial charge in [-0.1, -0.05) is 18.2 Å². The van der Waals surface area contributed by atoms with Crippen LogP contribution in [0.5, 0.6) is 0 Å². The summed E-state index contributed by atoms with van der Waals surface area (Å²) in [6, 6.07) is 6.61. The summed E-state index contributed by atoms with van der Waals surface area (Å²) in [4.78, 5) is 17.3. The van der Waals surface area contributed by atoms with Crippen LogP contribution in [0.2, 0.25) is 0 Å². The van der Waals surface area contributed by atoms with Gasteiger partial charge in [-0.3, -0.25) is 9.69 Å². The molecule has 1 heterocycles. The van der Waals surface area contributed by atoms with Crippen LogP contribution in [0.1, 0.15) is 23.6 Å². The van der Waals surface area contributed by atoms with Gasteiger partial charge < -0.3 is 4.74 Å². The van der Waals surface area contributed by atoms with E-state index in [1.807, 2.05) is 6.07 Å². The zero-order chi connectivity index (χ0) is 13.1. The Morgan fingerprint density at radius 2 is 2.22 bits per heavy atom.